The van der Waals surface area contributed by atoms with E-state index in [2.05, 4.69) is 0 Å². The maximum atomic E-state index is 12.2. The van der Waals surface area contributed by atoms with Gasteiger partial charge in [-0.1, -0.05) is 13.8 Å². The summed E-state index contributed by atoms with van der Waals surface area (Å²) in [6, 6.07) is -1.80. The van der Waals surface area contributed by atoms with Gasteiger partial charge in [0.05, 0.1) is 12.1 Å². The van der Waals surface area contributed by atoms with Crippen LogP contribution in [-0.2, 0) is 14.4 Å². The Morgan fingerprint density at radius 3 is 2.10 bits per heavy atom. The molecule has 0 aliphatic heterocycles. The molecule has 8 heteroatoms. The van der Waals surface area contributed by atoms with E-state index in [1.54, 1.807) is 0 Å². The number of nitrogens with zero attached hydrogens (tertiary/aromatic N) is 1. The summed E-state index contributed by atoms with van der Waals surface area (Å²) in [7, 11) is 0. The minimum absolute atomic E-state index is 0.163. The fourth-order valence-corrected chi connectivity index (χ4v) is 2.27. The van der Waals surface area contributed by atoms with Crippen LogP contribution in [0.5, 0.6) is 0 Å². The number of carbonyl (C=O) groups is 3. The van der Waals surface area contributed by atoms with E-state index in [0.717, 1.165) is 0 Å². The third kappa shape index (κ3) is 7.45. The van der Waals surface area contributed by atoms with Crippen LogP contribution >= 0.6 is 11.8 Å². The van der Waals surface area contributed by atoms with Crippen LogP contribution in [0.25, 0.3) is 0 Å². The molecule has 2 atom stereocenters. The zero-order chi connectivity index (χ0) is 16.6. The lowest BCUT2D eigenvalue weighted by Crippen LogP contribution is -2.54. The van der Waals surface area contributed by atoms with E-state index >= 15 is 0 Å². The van der Waals surface area contributed by atoms with Crippen LogP contribution in [0.2, 0.25) is 0 Å². The van der Waals surface area contributed by atoms with Gasteiger partial charge in [0.2, 0.25) is 11.8 Å². The van der Waals surface area contributed by atoms with E-state index in [1.807, 2.05) is 20.1 Å². The minimum atomic E-state index is -1.27. The average Bonchev–Trinajstić information content (AvgIpc) is 2.39. The fourth-order valence-electron chi connectivity index (χ4n) is 1.78. The quantitative estimate of drug-likeness (QED) is 0.540. The fraction of sp³-hybridized carbons (Fsp3) is 0.769. The minimum Gasteiger partial charge on any atom is -0.480 e. The number of carboxylic acids is 1. The summed E-state index contributed by atoms with van der Waals surface area (Å²) >= 11 is 1.52. The first-order valence-electron chi connectivity index (χ1n) is 6.77. The smallest absolute Gasteiger partial charge is 0.323 e. The molecule has 0 heterocycles. The maximum Gasteiger partial charge on any atom is 0.323 e. The average molecular weight is 319 g/mol. The summed E-state index contributed by atoms with van der Waals surface area (Å²) in [6.45, 7) is 3.07. The summed E-state index contributed by atoms with van der Waals surface area (Å²) < 4.78 is 0. The Kier molecular flexibility index (Phi) is 9.23. The molecule has 2 unspecified atom stereocenters. The molecule has 0 bridgehead atoms. The van der Waals surface area contributed by atoms with Crippen molar-refractivity contribution in [1.29, 1.82) is 0 Å². The van der Waals surface area contributed by atoms with Gasteiger partial charge in [-0.3, -0.25) is 19.3 Å². The molecule has 2 amide bonds. The molecule has 0 aliphatic carbocycles. The summed E-state index contributed by atoms with van der Waals surface area (Å²) in [4.78, 5) is 35.9. The van der Waals surface area contributed by atoms with Crippen LogP contribution in [0.3, 0.4) is 0 Å². The molecule has 0 fully saturated rings. The van der Waals surface area contributed by atoms with Gasteiger partial charge in [0, 0.05) is 0 Å². The first kappa shape index (κ1) is 19.9. The highest BCUT2D eigenvalue weighted by Gasteiger charge is 2.31. The number of imide groups is 1. The molecule has 7 nitrogen and oxygen atoms in total. The highest BCUT2D eigenvalue weighted by molar-refractivity contribution is 7.98. The van der Waals surface area contributed by atoms with Crippen LogP contribution in [0.1, 0.15) is 26.7 Å². The molecule has 21 heavy (non-hydrogen) atoms. The van der Waals surface area contributed by atoms with Gasteiger partial charge < -0.3 is 16.6 Å². The lowest BCUT2D eigenvalue weighted by Gasteiger charge is -2.25. The topological polar surface area (TPSA) is 127 Å². The summed E-state index contributed by atoms with van der Waals surface area (Å²) in [5.74, 6) is -1.83. The monoisotopic (exact) mass is 319 g/mol. The van der Waals surface area contributed by atoms with Crippen LogP contribution in [0, 0.1) is 5.92 Å². The molecule has 0 rings (SSSR count). The Hall–Kier alpha value is -1.12. The first-order valence-corrected chi connectivity index (χ1v) is 8.17. The van der Waals surface area contributed by atoms with Crippen molar-refractivity contribution in [2.24, 2.45) is 17.4 Å². The van der Waals surface area contributed by atoms with Crippen molar-refractivity contribution in [2.75, 3.05) is 18.6 Å². The molecule has 0 aromatic rings. The van der Waals surface area contributed by atoms with Gasteiger partial charge in [-0.2, -0.15) is 11.8 Å². The number of nitrogens with two attached hydrogens (primary N) is 2. The zero-order valence-electron chi connectivity index (χ0n) is 12.7. The zero-order valence-corrected chi connectivity index (χ0v) is 13.6. The van der Waals surface area contributed by atoms with Crippen molar-refractivity contribution in [1.82, 2.24) is 4.90 Å². The molecule has 0 spiro atoms. The largest absolute Gasteiger partial charge is 0.480 e. The van der Waals surface area contributed by atoms with Crippen molar-refractivity contribution in [3.8, 4) is 0 Å². The number of carboxylic acid groups (broad SMARTS) is 1. The molecular formula is C13H25N3O4S. The Morgan fingerprint density at radius 2 is 1.67 bits per heavy atom. The van der Waals surface area contributed by atoms with E-state index in [0.29, 0.717) is 23.5 Å². The second kappa shape index (κ2) is 9.75. The van der Waals surface area contributed by atoms with Gasteiger partial charge in [-0.15, -0.1) is 0 Å². The molecule has 0 aliphatic rings. The molecular weight excluding hydrogens is 294 g/mol. The van der Waals surface area contributed by atoms with Crippen LogP contribution in [-0.4, -0.2) is 58.4 Å². The van der Waals surface area contributed by atoms with E-state index in [4.69, 9.17) is 16.6 Å². The van der Waals surface area contributed by atoms with Crippen LogP contribution in [0.15, 0.2) is 0 Å². The molecule has 122 valence electrons. The number of aliphatic carboxylic acids is 1. The molecule has 0 aromatic carbocycles. The van der Waals surface area contributed by atoms with Gasteiger partial charge in [-0.25, -0.2) is 0 Å². The van der Waals surface area contributed by atoms with E-state index in [1.165, 1.54) is 11.8 Å². The third-order valence-electron chi connectivity index (χ3n) is 2.82. The Bertz CT molecular complexity index is 376. The lowest BCUT2D eigenvalue weighted by atomic mass is 10.0. The highest BCUT2D eigenvalue weighted by Crippen LogP contribution is 2.09. The Morgan fingerprint density at radius 1 is 1.14 bits per heavy atom. The van der Waals surface area contributed by atoms with E-state index in [9.17, 15) is 14.4 Å². The van der Waals surface area contributed by atoms with Crippen molar-refractivity contribution < 1.29 is 19.5 Å². The molecule has 0 saturated carbocycles. The van der Waals surface area contributed by atoms with Crippen molar-refractivity contribution in [3.05, 3.63) is 0 Å². The maximum absolute atomic E-state index is 12.2. The summed E-state index contributed by atoms with van der Waals surface area (Å²) in [5, 5.41) is 8.87. The highest BCUT2D eigenvalue weighted by atomic mass is 32.2. The number of carbonyl (C=O) groups excluding carboxylic acids is 2. The molecule has 0 aromatic heterocycles. The normalized spacial score (nSPS) is 13.8. The standard InChI is InChI=1S/C13H25N3O4S/c1-8(2)6-10(15)13(20)16(7-11(17)18)12(19)9(14)4-5-21-3/h8-10H,4-7,14-15H2,1-3H3,(H,17,18). The molecule has 5 N–H and O–H groups in total. The van der Waals surface area contributed by atoms with Crippen LogP contribution in [0.4, 0.5) is 0 Å². The summed E-state index contributed by atoms with van der Waals surface area (Å²) in [6.07, 6.45) is 2.63. The van der Waals surface area contributed by atoms with Gasteiger partial charge in [0.1, 0.15) is 6.54 Å². The van der Waals surface area contributed by atoms with Crippen molar-refractivity contribution in [3.63, 3.8) is 0 Å². The number of hydrogen-bond acceptors (Lipinski definition) is 6. The second-order valence-electron chi connectivity index (χ2n) is 5.28. The summed E-state index contributed by atoms with van der Waals surface area (Å²) in [5.41, 5.74) is 11.5. The number of hydrogen-bond donors (Lipinski definition) is 3. The predicted octanol–water partition coefficient (Wildman–Crippen LogP) is -0.120. The van der Waals surface area contributed by atoms with Gasteiger partial charge in [-0.05, 0) is 30.8 Å². The van der Waals surface area contributed by atoms with Gasteiger partial charge >= 0.3 is 5.97 Å². The number of thioether (sulfide) groups is 1. The molecule has 0 radical (unpaired) electrons. The van der Waals surface area contributed by atoms with Crippen LogP contribution < -0.4 is 11.5 Å². The first-order chi connectivity index (χ1) is 9.70. The van der Waals surface area contributed by atoms with Crippen molar-refractivity contribution in [2.45, 2.75) is 38.8 Å². The van der Waals surface area contributed by atoms with E-state index < -0.39 is 36.4 Å². The van der Waals surface area contributed by atoms with Gasteiger partial charge in [0.25, 0.3) is 0 Å². The van der Waals surface area contributed by atoms with Gasteiger partial charge in [0.15, 0.2) is 0 Å². The Balaban J connectivity index is 4.96. The van der Waals surface area contributed by atoms with Crippen molar-refractivity contribution >= 4 is 29.5 Å². The molecule has 0 saturated heterocycles. The predicted molar refractivity (Wildman–Crippen MR) is 82.8 cm³/mol. The Labute approximate surface area is 129 Å². The second-order valence-corrected chi connectivity index (χ2v) is 6.27. The van der Waals surface area contributed by atoms with E-state index in [-0.39, 0.29) is 5.92 Å². The number of amides is 2. The SMILES string of the molecule is CSCCC(N)C(=O)N(CC(=O)O)C(=O)C(N)CC(C)C. The lowest BCUT2D eigenvalue weighted by molar-refractivity contribution is -0.154. The number of rotatable bonds is 9. The third-order valence-corrected chi connectivity index (χ3v) is 3.46.